The largest absolute Gasteiger partial charge is 0.380 e. The fourth-order valence-corrected chi connectivity index (χ4v) is 3.12. The lowest BCUT2D eigenvalue weighted by atomic mass is 10.2. The second-order valence-electron chi connectivity index (χ2n) is 4.44. The normalized spacial score (nSPS) is 10.2. The Bertz CT molecular complexity index is 643. The summed E-state index contributed by atoms with van der Waals surface area (Å²) < 4.78 is 0. The van der Waals surface area contributed by atoms with Crippen LogP contribution in [-0.2, 0) is 6.54 Å². The van der Waals surface area contributed by atoms with Gasteiger partial charge in [0.2, 0.25) is 0 Å². The average molecular weight is 321 g/mol. The van der Waals surface area contributed by atoms with Crippen molar-refractivity contribution in [1.82, 2.24) is 4.98 Å². The van der Waals surface area contributed by atoms with Gasteiger partial charge >= 0.3 is 0 Å². The van der Waals surface area contributed by atoms with E-state index < -0.39 is 0 Å². The van der Waals surface area contributed by atoms with Crippen molar-refractivity contribution in [2.45, 2.75) is 20.4 Å². The molecule has 0 amide bonds. The number of nitrogens with zero attached hydrogens (tertiary/aromatic N) is 3. The molecule has 110 valence electrons. The molecular formula is C15H17ClN4S. The number of thiazole rings is 1. The molecule has 1 aromatic carbocycles. The zero-order valence-corrected chi connectivity index (χ0v) is 13.6. The molecule has 0 atom stereocenters. The molecule has 2 aromatic rings. The molecule has 0 saturated carbocycles. The van der Waals surface area contributed by atoms with Crippen molar-refractivity contribution in [2.75, 3.05) is 23.3 Å². The molecule has 2 rings (SSSR count). The van der Waals surface area contributed by atoms with Crippen molar-refractivity contribution in [3.05, 3.63) is 39.9 Å². The molecule has 21 heavy (non-hydrogen) atoms. The van der Waals surface area contributed by atoms with Gasteiger partial charge in [-0.2, -0.15) is 5.26 Å². The Morgan fingerprint density at radius 1 is 1.38 bits per heavy atom. The summed E-state index contributed by atoms with van der Waals surface area (Å²) >= 11 is 7.70. The number of anilines is 2. The van der Waals surface area contributed by atoms with E-state index >= 15 is 0 Å². The summed E-state index contributed by atoms with van der Waals surface area (Å²) in [6, 6.07) is 7.40. The number of nitriles is 1. The van der Waals surface area contributed by atoms with Crippen LogP contribution in [0.15, 0.2) is 24.4 Å². The summed E-state index contributed by atoms with van der Waals surface area (Å²) in [4.78, 5) is 7.84. The summed E-state index contributed by atoms with van der Waals surface area (Å²) in [6.07, 6.45) is 1.90. The number of hydrogen-bond acceptors (Lipinski definition) is 5. The number of halogens is 1. The lowest BCUT2D eigenvalue weighted by molar-refractivity contribution is 0.860. The minimum atomic E-state index is 0.468. The molecule has 1 heterocycles. The Hall–Kier alpha value is -1.77. The van der Waals surface area contributed by atoms with Crippen LogP contribution >= 0.6 is 22.9 Å². The van der Waals surface area contributed by atoms with E-state index in [1.54, 1.807) is 23.5 Å². The molecule has 0 radical (unpaired) electrons. The quantitative estimate of drug-likeness (QED) is 0.869. The van der Waals surface area contributed by atoms with Crippen LogP contribution in [0, 0.1) is 11.3 Å². The standard InChI is InChI=1S/C15H17ClN4S/c1-3-20(4-2)15-19-10-13(21-15)9-18-12-6-5-11(8-17)14(16)7-12/h5-7,10,18H,3-4,9H2,1-2H3. The second kappa shape index (κ2) is 7.30. The van der Waals surface area contributed by atoms with Crippen LogP contribution in [-0.4, -0.2) is 18.1 Å². The Labute approximate surface area is 134 Å². The molecule has 6 heteroatoms. The molecular weight excluding hydrogens is 304 g/mol. The van der Waals surface area contributed by atoms with Crippen LogP contribution < -0.4 is 10.2 Å². The van der Waals surface area contributed by atoms with Gasteiger partial charge in [0, 0.05) is 29.9 Å². The summed E-state index contributed by atoms with van der Waals surface area (Å²) in [5, 5.41) is 13.7. The molecule has 1 N–H and O–H groups in total. The Morgan fingerprint density at radius 3 is 2.76 bits per heavy atom. The smallest absolute Gasteiger partial charge is 0.185 e. The first kappa shape index (κ1) is 15.6. The second-order valence-corrected chi connectivity index (χ2v) is 5.94. The van der Waals surface area contributed by atoms with Gasteiger partial charge in [0.15, 0.2) is 5.13 Å². The van der Waals surface area contributed by atoms with Gasteiger partial charge in [0.25, 0.3) is 0 Å². The molecule has 4 nitrogen and oxygen atoms in total. The summed E-state index contributed by atoms with van der Waals surface area (Å²) in [5.41, 5.74) is 1.39. The topological polar surface area (TPSA) is 52.0 Å². The van der Waals surface area contributed by atoms with E-state index in [4.69, 9.17) is 16.9 Å². The highest BCUT2D eigenvalue weighted by molar-refractivity contribution is 7.15. The van der Waals surface area contributed by atoms with Crippen molar-refractivity contribution in [1.29, 1.82) is 5.26 Å². The third kappa shape index (κ3) is 3.87. The number of nitrogens with one attached hydrogen (secondary N) is 1. The molecule has 0 aliphatic rings. The molecule has 0 fully saturated rings. The maximum atomic E-state index is 8.85. The van der Waals surface area contributed by atoms with Crippen LogP contribution in [0.1, 0.15) is 24.3 Å². The van der Waals surface area contributed by atoms with Crippen LogP contribution in [0.2, 0.25) is 5.02 Å². The van der Waals surface area contributed by atoms with Crippen molar-refractivity contribution < 1.29 is 0 Å². The molecule has 1 aromatic heterocycles. The van der Waals surface area contributed by atoms with Gasteiger partial charge in [0.1, 0.15) is 6.07 Å². The number of benzene rings is 1. The molecule has 0 unspecified atom stereocenters. The van der Waals surface area contributed by atoms with Crippen molar-refractivity contribution in [3.63, 3.8) is 0 Å². The lowest BCUT2D eigenvalue weighted by Crippen LogP contribution is -2.21. The Morgan fingerprint density at radius 2 is 2.14 bits per heavy atom. The molecule has 0 spiro atoms. The maximum Gasteiger partial charge on any atom is 0.185 e. The van der Waals surface area contributed by atoms with Gasteiger partial charge in [-0.3, -0.25) is 0 Å². The van der Waals surface area contributed by atoms with E-state index in [1.807, 2.05) is 12.3 Å². The zero-order valence-electron chi connectivity index (χ0n) is 12.1. The number of hydrogen-bond donors (Lipinski definition) is 1. The van der Waals surface area contributed by atoms with E-state index in [2.05, 4.69) is 35.1 Å². The highest BCUT2D eigenvalue weighted by Crippen LogP contribution is 2.24. The predicted molar refractivity (Wildman–Crippen MR) is 89.2 cm³/mol. The van der Waals surface area contributed by atoms with Gasteiger partial charge in [-0.05, 0) is 32.0 Å². The molecule has 0 bridgehead atoms. The Balaban J connectivity index is 2.00. The number of aromatic nitrogens is 1. The van der Waals surface area contributed by atoms with E-state index in [-0.39, 0.29) is 0 Å². The fraction of sp³-hybridized carbons (Fsp3) is 0.333. The summed E-state index contributed by atoms with van der Waals surface area (Å²) in [5.74, 6) is 0. The highest BCUT2D eigenvalue weighted by atomic mass is 35.5. The first-order valence-electron chi connectivity index (χ1n) is 6.81. The predicted octanol–water partition coefficient (Wildman–Crippen LogP) is 4.13. The van der Waals surface area contributed by atoms with Gasteiger partial charge in [-0.25, -0.2) is 4.98 Å². The SMILES string of the molecule is CCN(CC)c1ncc(CNc2ccc(C#N)c(Cl)c2)s1. The highest BCUT2D eigenvalue weighted by Gasteiger charge is 2.08. The summed E-state index contributed by atoms with van der Waals surface area (Å²) in [7, 11) is 0. The van der Waals surface area contributed by atoms with Gasteiger partial charge in [-0.15, -0.1) is 11.3 Å². The van der Waals surface area contributed by atoms with Crippen molar-refractivity contribution in [2.24, 2.45) is 0 Å². The van der Waals surface area contributed by atoms with E-state index in [0.29, 0.717) is 17.1 Å². The van der Waals surface area contributed by atoms with E-state index in [1.165, 1.54) is 0 Å². The summed E-state index contributed by atoms with van der Waals surface area (Å²) in [6.45, 7) is 6.87. The van der Waals surface area contributed by atoms with Gasteiger partial charge < -0.3 is 10.2 Å². The van der Waals surface area contributed by atoms with E-state index in [9.17, 15) is 0 Å². The first-order chi connectivity index (χ1) is 10.2. The van der Waals surface area contributed by atoms with Crippen LogP contribution in [0.5, 0.6) is 0 Å². The van der Waals surface area contributed by atoms with Crippen LogP contribution in [0.3, 0.4) is 0 Å². The maximum absolute atomic E-state index is 8.85. The first-order valence-corrected chi connectivity index (χ1v) is 8.00. The average Bonchev–Trinajstić information content (AvgIpc) is 2.95. The third-order valence-electron chi connectivity index (χ3n) is 3.13. The van der Waals surface area contributed by atoms with Gasteiger partial charge in [-0.1, -0.05) is 11.6 Å². The third-order valence-corrected chi connectivity index (χ3v) is 4.50. The van der Waals surface area contributed by atoms with Crippen molar-refractivity contribution >= 4 is 33.8 Å². The number of rotatable bonds is 6. The van der Waals surface area contributed by atoms with E-state index in [0.717, 1.165) is 28.8 Å². The van der Waals surface area contributed by atoms with Gasteiger partial charge in [0.05, 0.1) is 17.1 Å². The van der Waals surface area contributed by atoms with Crippen LogP contribution in [0.25, 0.3) is 0 Å². The van der Waals surface area contributed by atoms with Crippen LogP contribution in [0.4, 0.5) is 10.8 Å². The fourth-order valence-electron chi connectivity index (χ4n) is 1.92. The Kier molecular flexibility index (Phi) is 5.43. The molecule has 0 saturated heterocycles. The lowest BCUT2D eigenvalue weighted by Gasteiger charge is -2.16. The molecule has 0 aliphatic carbocycles. The monoisotopic (exact) mass is 320 g/mol. The van der Waals surface area contributed by atoms with Crippen molar-refractivity contribution in [3.8, 4) is 6.07 Å². The minimum absolute atomic E-state index is 0.468. The molecule has 0 aliphatic heterocycles. The minimum Gasteiger partial charge on any atom is -0.380 e. The zero-order chi connectivity index (χ0) is 15.2.